The van der Waals surface area contributed by atoms with Gasteiger partial charge in [0.1, 0.15) is 6.10 Å². The van der Waals surface area contributed by atoms with Gasteiger partial charge < -0.3 is 18.9 Å². The zero-order valence-electron chi connectivity index (χ0n) is 12.5. The van der Waals surface area contributed by atoms with Gasteiger partial charge in [0.15, 0.2) is 18.5 Å². The van der Waals surface area contributed by atoms with Crippen molar-refractivity contribution >= 4 is 5.97 Å². The minimum atomic E-state index is -0.468. The van der Waals surface area contributed by atoms with E-state index < -0.39 is 12.4 Å². The molecule has 0 bridgehead atoms. The first-order valence-electron chi connectivity index (χ1n) is 7.61. The molecule has 0 aromatic heterocycles. The summed E-state index contributed by atoms with van der Waals surface area (Å²) in [7, 11) is 0. The molecule has 5 heteroatoms. The quantitative estimate of drug-likeness (QED) is 0.801. The summed E-state index contributed by atoms with van der Waals surface area (Å²) in [6.07, 6.45) is 2.92. The molecule has 0 saturated carbocycles. The molecule has 1 fully saturated rings. The van der Waals surface area contributed by atoms with E-state index in [1.165, 1.54) is 0 Å². The number of hydrogen-bond acceptors (Lipinski definition) is 5. The van der Waals surface area contributed by atoms with Crippen molar-refractivity contribution in [2.45, 2.75) is 44.4 Å². The molecule has 5 nitrogen and oxygen atoms in total. The molecule has 118 valence electrons. The third-order valence-corrected chi connectivity index (χ3v) is 3.70. The van der Waals surface area contributed by atoms with Crippen molar-refractivity contribution in [2.75, 3.05) is 6.61 Å². The summed E-state index contributed by atoms with van der Waals surface area (Å²) in [4.78, 5) is 11.8. The van der Waals surface area contributed by atoms with Gasteiger partial charge in [0.05, 0.1) is 12.9 Å². The van der Waals surface area contributed by atoms with Gasteiger partial charge in [-0.2, -0.15) is 0 Å². The molecule has 1 aromatic rings. The van der Waals surface area contributed by atoms with Crippen LogP contribution in [-0.4, -0.2) is 30.9 Å². The second kappa shape index (κ2) is 6.94. The summed E-state index contributed by atoms with van der Waals surface area (Å²) >= 11 is 0. The highest BCUT2D eigenvalue weighted by atomic mass is 16.7. The number of benzene rings is 1. The largest absolute Gasteiger partial charge is 0.493 e. The average molecular weight is 304 g/mol. The van der Waals surface area contributed by atoms with E-state index in [0.717, 1.165) is 12.0 Å². The van der Waals surface area contributed by atoms with Crippen LogP contribution in [0.1, 0.15) is 31.6 Å². The molecule has 2 heterocycles. The van der Waals surface area contributed by atoms with Crippen molar-refractivity contribution in [3.8, 4) is 0 Å². The van der Waals surface area contributed by atoms with Crippen LogP contribution in [-0.2, 0) is 23.7 Å². The Morgan fingerprint density at radius 3 is 2.91 bits per heavy atom. The van der Waals surface area contributed by atoms with E-state index >= 15 is 0 Å². The van der Waals surface area contributed by atoms with Crippen molar-refractivity contribution < 1.29 is 23.7 Å². The topological polar surface area (TPSA) is 54.0 Å². The first-order valence-corrected chi connectivity index (χ1v) is 7.61. The highest BCUT2D eigenvalue weighted by molar-refractivity contribution is 5.69. The van der Waals surface area contributed by atoms with Crippen LogP contribution in [0, 0.1) is 0 Å². The number of esters is 1. The SMILES string of the molecule is CCCC(=O)OC1C=COC2COC(c3ccccc3)OC12. The molecular weight excluding hydrogens is 284 g/mol. The van der Waals surface area contributed by atoms with Gasteiger partial charge >= 0.3 is 5.97 Å². The van der Waals surface area contributed by atoms with Crippen molar-refractivity contribution in [1.29, 1.82) is 0 Å². The van der Waals surface area contributed by atoms with Crippen LogP contribution < -0.4 is 0 Å². The number of carbonyl (C=O) groups excluding carboxylic acids is 1. The summed E-state index contributed by atoms with van der Waals surface area (Å²) in [5.41, 5.74) is 0.939. The number of ether oxygens (including phenoxy) is 4. The Hall–Kier alpha value is -1.85. The molecule has 0 spiro atoms. The molecule has 2 aliphatic heterocycles. The summed E-state index contributed by atoms with van der Waals surface area (Å²) < 4.78 is 22.7. The average Bonchev–Trinajstić information content (AvgIpc) is 2.56. The molecule has 2 aliphatic rings. The van der Waals surface area contributed by atoms with Gasteiger partial charge in [0.25, 0.3) is 0 Å². The number of hydrogen-bond donors (Lipinski definition) is 0. The second-order valence-corrected chi connectivity index (χ2v) is 5.38. The van der Waals surface area contributed by atoms with Crippen molar-refractivity contribution in [3.63, 3.8) is 0 Å². The number of carbonyl (C=O) groups is 1. The predicted octanol–water partition coefficient (Wildman–Crippen LogP) is 2.73. The molecule has 22 heavy (non-hydrogen) atoms. The number of fused-ring (bicyclic) bond motifs is 1. The fourth-order valence-electron chi connectivity index (χ4n) is 2.59. The van der Waals surface area contributed by atoms with Gasteiger partial charge in [0, 0.05) is 12.0 Å². The molecule has 0 amide bonds. The maximum Gasteiger partial charge on any atom is 0.306 e. The molecule has 0 radical (unpaired) electrons. The fourth-order valence-corrected chi connectivity index (χ4v) is 2.59. The fraction of sp³-hybridized carbons (Fsp3) is 0.471. The van der Waals surface area contributed by atoms with E-state index in [9.17, 15) is 4.79 Å². The van der Waals surface area contributed by atoms with E-state index in [1.807, 2.05) is 37.3 Å². The molecule has 4 atom stereocenters. The Morgan fingerprint density at radius 2 is 2.14 bits per heavy atom. The van der Waals surface area contributed by atoms with Crippen LogP contribution in [0.5, 0.6) is 0 Å². The first-order chi connectivity index (χ1) is 10.8. The highest BCUT2D eigenvalue weighted by Crippen LogP contribution is 2.32. The zero-order valence-corrected chi connectivity index (χ0v) is 12.5. The highest BCUT2D eigenvalue weighted by Gasteiger charge is 2.41. The molecule has 1 saturated heterocycles. The Bertz CT molecular complexity index is 527. The predicted molar refractivity (Wildman–Crippen MR) is 78.8 cm³/mol. The lowest BCUT2D eigenvalue weighted by Crippen LogP contribution is -2.50. The molecule has 0 aliphatic carbocycles. The lowest BCUT2D eigenvalue weighted by molar-refractivity contribution is -0.278. The normalized spacial score (nSPS) is 30.2. The molecule has 0 N–H and O–H groups in total. The molecular formula is C17H20O5. The third kappa shape index (κ3) is 3.31. The van der Waals surface area contributed by atoms with Crippen molar-refractivity contribution in [3.05, 3.63) is 48.2 Å². The minimum absolute atomic E-state index is 0.218. The van der Waals surface area contributed by atoms with E-state index in [4.69, 9.17) is 18.9 Å². The lowest BCUT2D eigenvalue weighted by Gasteiger charge is -2.40. The Morgan fingerprint density at radius 1 is 1.32 bits per heavy atom. The van der Waals surface area contributed by atoms with Gasteiger partial charge in [-0.15, -0.1) is 0 Å². The van der Waals surface area contributed by atoms with E-state index in [0.29, 0.717) is 13.0 Å². The van der Waals surface area contributed by atoms with Gasteiger partial charge in [-0.05, 0) is 12.5 Å². The van der Waals surface area contributed by atoms with Gasteiger partial charge in [-0.1, -0.05) is 37.3 Å². The van der Waals surface area contributed by atoms with Crippen LogP contribution in [0.2, 0.25) is 0 Å². The molecule has 3 rings (SSSR count). The zero-order chi connectivity index (χ0) is 15.4. The van der Waals surface area contributed by atoms with E-state index in [-0.39, 0.29) is 18.2 Å². The Balaban J connectivity index is 1.70. The van der Waals surface area contributed by atoms with Gasteiger partial charge in [-0.25, -0.2) is 0 Å². The summed E-state index contributed by atoms with van der Waals surface area (Å²) in [6.45, 7) is 2.34. The van der Waals surface area contributed by atoms with E-state index in [2.05, 4.69) is 0 Å². The van der Waals surface area contributed by atoms with Crippen LogP contribution in [0.3, 0.4) is 0 Å². The van der Waals surface area contributed by atoms with Crippen LogP contribution in [0.15, 0.2) is 42.7 Å². The second-order valence-electron chi connectivity index (χ2n) is 5.38. The monoisotopic (exact) mass is 304 g/mol. The maximum absolute atomic E-state index is 11.8. The van der Waals surface area contributed by atoms with Crippen molar-refractivity contribution in [2.24, 2.45) is 0 Å². The Labute approximate surface area is 129 Å². The third-order valence-electron chi connectivity index (χ3n) is 3.70. The maximum atomic E-state index is 11.8. The van der Waals surface area contributed by atoms with Crippen LogP contribution in [0.4, 0.5) is 0 Å². The van der Waals surface area contributed by atoms with Crippen LogP contribution >= 0.6 is 0 Å². The van der Waals surface area contributed by atoms with Crippen molar-refractivity contribution in [1.82, 2.24) is 0 Å². The molecule has 4 unspecified atom stereocenters. The van der Waals surface area contributed by atoms with Crippen LogP contribution in [0.25, 0.3) is 0 Å². The van der Waals surface area contributed by atoms with E-state index in [1.54, 1.807) is 12.3 Å². The van der Waals surface area contributed by atoms with Gasteiger partial charge in [-0.3, -0.25) is 4.79 Å². The Kier molecular flexibility index (Phi) is 4.75. The summed E-state index contributed by atoms with van der Waals surface area (Å²) in [5.74, 6) is -0.218. The van der Waals surface area contributed by atoms with Gasteiger partial charge in [0.2, 0.25) is 0 Å². The smallest absolute Gasteiger partial charge is 0.306 e. The standard InChI is InChI=1S/C17H20O5/c1-2-6-15(18)21-13-9-10-19-14-11-20-17(22-16(13)14)12-7-4-3-5-8-12/h3-5,7-10,13-14,16-17H,2,6,11H2,1H3. The first kappa shape index (κ1) is 15.1. The molecule has 1 aromatic carbocycles. The summed E-state index contributed by atoms with van der Waals surface area (Å²) in [5, 5.41) is 0. The number of rotatable bonds is 4. The summed E-state index contributed by atoms with van der Waals surface area (Å²) in [6, 6.07) is 9.70. The minimum Gasteiger partial charge on any atom is -0.493 e. The lowest BCUT2D eigenvalue weighted by atomic mass is 10.0.